The molecule has 1 aromatic rings. The lowest BCUT2D eigenvalue weighted by atomic mass is 10.0. The van der Waals surface area contributed by atoms with Crippen molar-refractivity contribution in [2.75, 3.05) is 0 Å². The van der Waals surface area contributed by atoms with Gasteiger partial charge in [-0.05, 0) is 38.8 Å². The van der Waals surface area contributed by atoms with Gasteiger partial charge in [0.25, 0.3) is 0 Å². The van der Waals surface area contributed by atoms with Gasteiger partial charge >= 0.3 is 12.1 Å². The van der Waals surface area contributed by atoms with E-state index in [4.69, 9.17) is 9.84 Å². The van der Waals surface area contributed by atoms with Gasteiger partial charge in [-0.15, -0.1) is 0 Å². The summed E-state index contributed by atoms with van der Waals surface area (Å²) in [5.74, 6) is -4.92. The van der Waals surface area contributed by atoms with Gasteiger partial charge in [0.1, 0.15) is 11.4 Å². The van der Waals surface area contributed by atoms with Crippen molar-refractivity contribution >= 4 is 12.1 Å². The number of carboxylic acid groups (broad SMARTS) is 1. The van der Waals surface area contributed by atoms with Crippen molar-refractivity contribution in [3.05, 3.63) is 35.1 Å². The second-order valence-corrected chi connectivity index (χ2v) is 6.01. The lowest BCUT2D eigenvalue weighted by Crippen LogP contribution is -2.41. The van der Waals surface area contributed by atoms with Gasteiger partial charge in [-0.1, -0.05) is 0 Å². The second-order valence-electron chi connectivity index (χ2n) is 6.01. The van der Waals surface area contributed by atoms with Crippen LogP contribution in [0.3, 0.4) is 0 Å². The minimum Gasteiger partial charge on any atom is -0.481 e. The van der Waals surface area contributed by atoms with Crippen LogP contribution in [0, 0.1) is 17.5 Å². The summed E-state index contributed by atoms with van der Waals surface area (Å²) in [4.78, 5) is 22.5. The van der Waals surface area contributed by atoms with Crippen molar-refractivity contribution in [2.45, 2.75) is 45.3 Å². The molecule has 0 fully saturated rings. The number of rotatable bonds is 5. The molecule has 0 radical (unpaired) electrons. The highest BCUT2D eigenvalue weighted by Gasteiger charge is 2.23. The van der Waals surface area contributed by atoms with Crippen LogP contribution in [0.4, 0.5) is 18.0 Å². The predicted octanol–water partition coefficient (Wildman–Crippen LogP) is 3.01. The average molecular weight is 333 g/mol. The number of nitrogens with one attached hydrogen (secondary N) is 1. The number of ether oxygens (including phenoxy) is 1. The van der Waals surface area contributed by atoms with E-state index >= 15 is 0 Å². The zero-order valence-corrected chi connectivity index (χ0v) is 13.0. The number of carbonyl (C=O) groups is 2. The van der Waals surface area contributed by atoms with E-state index in [0.717, 1.165) is 6.07 Å². The Balaban J connectivity index is 2.91. The number of amides is 1. The van der Waals surface area contributed by atoms with E-state index in [0.29, 0.717) is 6.07 Å². The minimum atomic E-state index is -1.38. The topological polar surface area (TPSA) is 75.6 Å². The van der Waals surface area contributed by atoms with Gasteiger partial charge in [0.15, 0.2) is 11.6 Å². The number of carbonyl (C=O) groups excluding carboxylic acids is 1. The van der Waals surface area contributed by atoms with Crippen LogP contribution in [0.15, 0.2) is 12.1 Å². The molecule has 5 nitrogen and oxygen atoms in total. The fourth-order valence-corrected chi connectivity index (χ4v) is 1.88. The van der Waals surface area contributed by atoms with Crippen LogP contribution in [0.1, 0.15) is 32.8 Å². The quantitative estimate of drug-likeness (QED) is 0.812. The summed E-state index contributed by atoms with van der Waals surface area (Å²) in [6, 6.07) is 0.0501. The van der Waals surface area contributed by atoms with E-state index in [1.165, 1.54) is 0 Å². The molecule has 0 unspecified atom stereocenters. The summed E-state index contributed by atoms with van der Waals surface area (Å²) in [6.07, 6.45) is -1.86. The molecule has 0 aliphatic heterocycles. The molecule has 0 saturated heterocycles. The molecule has 0 saturated carbocycles. The number of benzene rings is 1. The first kappa shape index (κ1) is 18.8. The van der Waals surface area contributed by atoms with Crippen LogP contribution in [0.2, 0.25) is 0 Å². The van der Waals surface area contributed by atoms with Gasteiger partial charge in [0.2, 0.25) is 0 Å². The fraction of sp³-hybridized carbons (Fsp3) is 0.467. The summed E-state index contributed by atoms with van der Waals surface area (Å²) >= 11 is 0. The van der Waals surface area contributed by atoms with Crippen LogP contribution >= 0.6 is 0 Å². The second kappa shape index (κ2) is 7.34. The lowest BCUT2D eigenvalue weighted by molar-refractivity contribution is -0.137. The number of hydrogen-bond donors (Lipinski definition) is 2. The Kier molecular flexibility index (Phi) is 6.00. The summed E-state index contributed by atoms with van der Waals surface area (Å²) in [6.45, 7) is 4.83. The standard InChI is InChI=1S/C15H18F3NO4/c1-15(2,3)23-14(22)19-10(7-12(20)21)5-8-4-9(16)6-11(17)13(8)18/h4,6,10H,5,7H2,1-3H3,(H,19,22)(H,20,21)/t10-/m1/s1. The largest absolute Gasteiger partial charge is 0.481 e. The zero-order chi connectivity index (χ0) is 17.8. The number of hydrogen-bond acceptors (Lipinski definition) is 3. The molecule has 1 aromatic carbocycles. The van der Waals surface area contributed by atoms with E-state index < -0.39 is 54.0 Å². The first-order chi connectivity index (χ1) is 10.5. The highest BCUT2D eigenvalue weighted by molar-refractivity contribution is 5.71. The smallest absolute Gasteiger partial charge is 0.407 e. The van der Waals surface area contributed by atoms with Gasteiger partial charge in [-0.2, -0.15) is 0 Å². The SMILES string of the molecule is CC(C)(C)OC(=O)N[C@@H](CC(=O)O)Cc1cc(F)cc(F)c1F. The van der Waals surface area contributed by atoms with Crippen molar-refractivity contribution in [1.82, 2.24) is 5.32 Å². The maximum atomic E-state index is 13.7. The Morgan fingerprint density at radius 3 is 2.39 bits per heavy atom. The molecule has 2 N–H and O–H groups in total. The Hall–Kier alpha value is -2.25. The predicted molar refractivity (Wildman–Crippen MR) is 75.4 cm³/mol. The summed E-state index contributed by atoms with van der Waals surface area (Å²) < 4.78 is 45.0. The molecule has 23 heavy (non-hydrogen) atoms. The number of halogens is 3. The normalized spacial score (nSPS) is 12.6. The molecule has 1 atom stereocenters. The van der Waals surface area contributed by atoms with E-state index in [1.54, 1.807) is 20.8 Å². The molecule has 1 rings (SSSR count). The molecule has 0 spiro atoms. The molecule has 1 amide bonds. The van der Waals surface area contributed by atoms with Crippen LogP contribution in [-0.4, -0.2) is 28.8 Å². The molecule has 0 aliphatic rings. The highest BCUT2D eigenvalue weighted by Crippen LogP contribution is 2.17. The Labute approximate surface area is 131 Å². The van der Waals surface area contributed by atoms with Crippen LogP contribution in [0.5, 0.6) is 0 Å². The van der Waals surface area contributed by atoms with Crippen LogP contribution in [-0.2, 0) is 16.0 Å². The third-order valence-electron chi connectivity index (χ3n) is 2.68. The Morgan fingerprint density at radius 1 is 1.26 bits per heavy atom. The van der Waals surface area contributed by atoms with E-state index in [-0.39, 0.29) is 5.56 Å². The molecular formula is C15H18F3NO4. The number of alkyl carbamates (subject to hydrolysis) is 1. The van der Waals surface area contributed by atoms with Crippen molar-refractivity contribution in [3.8, 4) is 0 Å². The van der Waals surface area contributed by atoms with Crippen molar-refractivity contribution in [1.29, 1.82) is 0 Å². The zero-order valence-electron chi connectivity index (χ0n) is 13.0. The molecule has 0 aliphatic carbocycles. The summed E-state index contributed by atoms with van der Waals surface area (Å²) in [5, 5.41) is 11.1. The van der Waals surface area contributed by atoms with Gasteiger partial charge in [0, 0.05) is 12.1 Å². The van der Waals surface area contributed by atoms with Crippen LogP contribution in [0.25, 0.3) is 0 Å². The maximum Gasteiger partial charge on any atom is 0.407 e. The van der Waals surface area contributed by atoms with Gasteiger partial charge < -0.3 is 15.2 Å². The van der Waals surface area contributed by atoms with Gasteiger partial charge in [-0.25, -0.2) is 18.0 Å². The van der Waals surface area contributed by atoms with Gasteiger partial charge in [-0.3, -0.25) is 4.79 Å². The number of aliphatic carboxylic acids is 1. The molecule has 0 aromatic heterocycles. The summed E-state index contributed by atoms with van der Waals surface area (Å²) in [7, 11) is 0. The van der Waals surface area contributed by atoms with Crippen LogP contribution < -0.4 is 5.32 Å². The van der Waals surface area contributed by atoms with E-state index in [1.807, 2.05) is 0 Å². The monoisotopic (exact) mass is 333 g/mol. The maximum absolute atomic E-state index is 13.7. The fourth-order valence-electron chi connectivity index (χ4n) is 1.88. The Bertz CT molecular complexity index is 599. The first-order valence-electron chi connectivity index (χ1n) is 6.82. The molecule has 0 heterocycles. The highest BCUT2D eigenvalue weighted by atomic mass is 19.2. The Morgan fingerprint density at radius 2 is 1.87 bits per heavy atom. The van der Waals surface area contributed by atoms with Gasteiger partial charge in [0.05, 0.1) is 6.42 Å². The molecular weight excluding hydrogens is 315 g/mol. The van der Waals surface area contributed by atoms with Crippen molar-refractivity contribution < 1.29 is 32.6 Å². The molecule has 128 valence electrons. The van der Waals surface area contributed by atoms with Crippen molar-refractivity contribution in [2.24, 2.45) is 0 Å². The minimum absolute atomic E-state index is 0.371. The van der Waals surface area contributed by atoms with E-state index in [9.17, 15) is 22.8 Å². The third-order valence-corrected chi connectivity index (χ3v) is 2.68. The molecule has 8 heteroatoms. The molecule has 0 bridgehead atoms. The number of carboxylic acids is 1. The summed E-state index contributed by atoms with van der Waals surface area (Å²) in [5.41, 5.74) is -1.18. The third kappa shape index (κ3) is 6.58. The van der Waals surface area contributed by atoms with E-state index in [2.05, 4.69) is 5.32 Å². The first-order valence-corrected chi connectivity index (χ1v) is 6.82. The lowest BCUT2D eigenvalue weighted by Gasteiger charge is -2.23. The van der Waals surface area contributed by atoms with Crippen molar-refractivity contribution in [3.63, 3.8) is 0 Å². The average Bonchev–Trinajstić information content (AvgIpc) is 2.31.